The molecule has 0 radical (unpaired) electrons. The van der Waals surface area contributed by atoms with Gasteiger partial charge < -0.3 is 15.2 Å². The average Bonchev–Trinajstić information content (AvgIpc) is 2.46. The van der Waals surface area contributed by atoms with Gasteiger partial charge in [-0.2, -0.15) is 5.26 Å². The van der Waals surface area contributed by atoms with E-state index in [0.717, 1.165) is 11.3 Å². The Labute approximate surface area is 111 Å². The van der Waals surface area contributed by atoms with Crippen molar-refractivity contribution in [3.63, 3.8) is 0 Å². The molecule has 2 aromatic rings. The number of rotatable bonds is 4. The van der Waals surface area contributed by atoms with E-state index >= 15 is 0 Å². The average molecular weight is 254 g/mol. The fraction of sp³-hybridized carbons (Fsp3) is 0.133. The zero-order chi connectivity index (χ0) is 13.7. The predicted octanol–water partition coefficient (Wildman–Crippen LogP) is 2.88. The molecule has 0 atom stereocenters. The van der Waals surface area contributed by atoms with Crippen molar-refractivity contribution >= 4 is 5.69 Å². The number of ether oxygens (including phenoxy) is 1. The molecule has 0 saturated heterocycles. The van der Waals surface area contributed by atoms with Crippen LogP contribution < -0.4 is 10.1 Å². The number of hydrogen-bond acceptors (Lipinski definition) is 4. The summed E-state index contributed by atoms with van der Waals surface area (Å²) in [6.07, 6.45) is 0. The summed E-state index contributed by atoms with van der Waals surface area (Å²) in [7, 11) is 1.59. The molecule has 2 aromatic carbocycles. The van der Waals surface area contributed by atoms with E-state index in [-0.39, 0.29) is 5.75 Å². The lowest BCUT2D eigenvalue weighted by Crippen LogP contribution is -2.01. The molecule has 2 N–H and O–H groups in total. The monoisotopic (exact) mass is 254 g/mol. The van der Waals surface area contributed by atoms with Gasteiger partial charge in [0.25, 0.3) is 0 Å². The van der Waals surface area contributed by atoms with Gasteiger partial charge in [-0.1, -0.05) is 12.1 Å². The fourth-order valence-electron chi connectivity index (χ4n) is 1.71. The lowest BCUT2D eigenvalue weighted by molar-refractivity contribution is 0.415. The highest BCUT2D eigenvalue weighted by molar-refractivity contribution is 5.60. The van der Waals surface area contributed by atoms with Crippen molar-refractivity contribution in [3.8, 4) is 17.6 Å². The van der Waals surface area contributed by atoms with E-state index in [1.807, 2.05) is 12.1 Å². The van der Waals surface area contributed by atoms with Gasteiger partial charge in [0.05, 0.1) is 18.4 Å². The Balaban J connectivity index is 2.14. The van der Waals surface area contributed by atoms with E-state index in [1.165, 1.54) is 0 Å². The maximum Gasteiger partial charge on any atom is 0.121 e. The summed E-state index contributed by atoms with van der Waals surface area (Å²) >= 11 is 0. The molecule has 0 unspecified atom stereocenters. The summed E-state index contributed by atoms with van der Waals surface area (Å²) in [5.74, 6) is 0.940. The topological polar surface area (TPSA) is 65.3 Å². The second-order valence-corrected chi connectivity index (χ2v) is 4.04. The Bertz CT molecular complexity index is 601. The minimum absolute atomic E-state index is 0.239. The van der Waals surface area contributed by atoms with Crippen LogP contribution in [0.3, 0.4) is 0 Å². The summed E-state index contributed by atoms with van der Waals surface area (Å²) in [5, 5.41) is 21.5. The molecule has 0 spiro atoms. The lowest BCUT2D eigenvalue weighted by atomic mass is 10.1. The maximum absolute atomic E-state index is 9.21. The Hall–Kier alpha value is -2.67. The van der Waals surface area contributed by atoms with Gasteiger partial charge >= 0.3 is 0 Å². The summed E-state index contributed by atoms with van der Waals surface area (Å²) in [5.41, 5.74) is 2.32. The van der Waals surface area contributed by atoms with Gasteiger partial charge in [-0.25, -0.2) is 0 Å². The van der Waals surface area contributed by atoms with Crippen LogP contribution in [-0.4, -0.2) is 12.2 Å². The third-order valence-electron chi connectivity index (χ3n) is 2.77. The zero-order valence-corrected chi connectivity index (χ0v) is 10.6. The second kappa shape index (κ2) is 5.78. The summed E-state index contributed by atoms with van der Waals surface area (Å²) in [6, 6.07) is 14.3. The van der Waals surface area contributed by atoms with Crippen LogP contribution in [0.1, 0.15) is 11.1 Å². The number of anilines is 1. The van der Waals surface area contributed by atoms with Crippen molar-refractivity contribution in [1.29, 1.82) is 5.26 Å². The van der Waals surface area contributed by atoms with Crippen molar-refractivity contribution in [3.05, 3.63) is 53.6 Å². The first-order valence-electron chi connectivity index (χ1n) is 5.83. The Kier molecular flexibility index (Phi) is 3.89. The van der Waals surface area contributed by atoms with Gasteiger partial charge in [0.1, 0.15) is 17.6 Å². The van der Waals surface area contributed by atoms with Gasteiger partial charge in [-0.15, -0.1) is 0 Å². The van der Waals surface area contributed by atoms with Crippen LogP contribution in [0.5, 0.6) is 11.5 Å². The van der Waals surface area contributed by atoms with Crippen LogP contribution >= 0.6 is 0 Å². The molecule has 0 amide bonds. The van der Waals surface area contributed by atoms with Crippen LogP contribution in [0, 0.1) is 11.3 Å². The lowest BCUT2D eigenvalue weighted by Gasteiger charge is -2.10. The van der Waals surface area contributed by atoms with Crippen molar-refractivity contribution in [1.82, 2.24) is 0 Å². The normalized spacial score (nSPS) is 9.68. The highest BCUT2D eigenvalue weighted by Crippen LogP contribution is 2.22. The van der Waals surface area contributed by atoms with Crippen LogP contribution in [-0.2, 0) is 6.54 Å². The molecule has 0 heterocycles. The molecular weight excluding hydrogens is 240 g/mol. The molecular formula is C15H14N2O2. The van der Waals surface area contributed by atoms with Crippen molar-refractivity contribution in [2.75, 3.05) is 12.4 Å². The van der Waals surface area contributed by atoms with Crippen LogP contribution in [0.4, 0.5) is 5.69 Å². The number of nitrogens with zero attached hydrogens (tertiary/aromatic N) is 1. The zero-order valence-electron chi connectivity index (χ0n) is 10.6. The van der Waals surface area contributed by atoms with E-state index in [0.29, 0.717) is 17.9 Å². The molecule has 2 rings (SSSR count). The smallest absolute Gasteiger partial charge is 0.121 e. The summed E-state index contributed by atoms with van der Waals surface area (Å²) in [4.78, 5) is 0. The number of nitriles is 1. The second-order valence-electron chi connectivity index (χ2n) is 4.04. The molecule has 96 valence electrons. The van der Waals surface area contributed by atoms with Crippen molar-refractivity contribution in [2.45, 2.75) is 6.54 Å². The SMILES string of the molecule is COc1ccc(C#N)c(NCc2ccc(O)cc2)c1. The van der Waals surface area contributed by atoms with Crippen LogP contribution in [0.25, 0.3) is 0 Å². The number of hydrogen-bond donors (Lipinski definition) is 2. The number of phenols is 1. The predicted molar refractivity (Wildman–Crippen MR) is 73.1 cm³/mol. The third kappa shape index (κ3) is 3.17. The number of nitrogens with one attached hydrogen (secondary N) is 1. The number of benzene rings is 2. The molecule has 0 saturated carbocycles. The molecule has 19 heavy (non-hydrogen) atoms. The maximum atomic E-state index is 9.21. The van der Waals surface area contributed by atoms with Crippen molar-refractivity contribution < 1.29 is 9.84 Å². The minimum Gasteiger partial charge on any atom is -0.508 e. The largest absolute Gasteiger partial charge is 0.508 e. The van der Waals surface area contributed by atoms with Gasteiger partial charge in [-0.3, -0.25) is 0 Å². The molecule has 4 heteroatoms. The molecule has 0 aliphatic heterocycles. The Morgan fingerprint density at radius 2 is 1.95 bits per heavy atom. The highest BCUT2D eigenvalue weighted by atomic mass is 16.5. The van der Waals surface area contributed by atoms with E-state index in [9.17, 15) is 5.11 Å². The molecule has 0 aliphatic carbocycles. The minimum atomic E-state index is 0.239. The molecule has 0 aliphatic rings. The van der Waals surface area contributed by atoms with Gasteiger partial charge in [-0.05, 0) is 29.8 Å². The van der Waals surface area contributed by atoms with E-state index in [2.05, 4.69) is 11.4 Å². The van der Waals surface area contributed by atoms with Gasteiger partial charge in [0, 0.05) is 12.6 Å². The van der Waals surface area contributed by atoms with Crippen LogP contribution in [0.15, 0.2) is 42.5 Å². The Morgan fingerprint density at radius 3 is 2.58 bits per heavy atom. The molecule has 0 bridgehead atoms. The molecule has 4 nitrogen and oxygen atoms in total. The number of phenolic OH excluding ortho intramolecular Hbond substituents is 1. The molecule has 0 aromatic heterocycles. The Morgan fingerprint density at radius 1 is 1.21 bits per heavy atom. The number of methoxy groups -OCH3 is 1. The molecule has 0 fully saturated rings. The fourth-order valence-corrected chi connectivity index (χ4v) is 1.71. The van der Waals surface area contributed by atoms with Crippen molar-refractivity contribution in [2.24, 2.45) is 0 Å². The first-order chi connectivity index (χ1) is 9.22. The van der Waals surface area contributed by atoms with E-state index in [1.54, 1.807) is 37.4 Å². The van der Waals surface area contributed by atoms with E-state index in [4.69, 9.17) is 10.00 Å². The van der Waals surface area contributed by atoms with E-state index < -0.39 is 0 Å². The van der Waals surface area contributed by atoms with Gasteiger partial charge in [0.2, 0.25) is 0 Å². The standard InChI is InChI=1S/C15H14N2O2/c1-19-14-7-4-12(9-16)15(8-14)17-10-11-2-5-13(18)6-3-11/h2-8,17-18H,10H2,1H3. The third-order valence-corrected chi connectivity index (χ3v) is 2.77. The summed E-state index contributed by atoms with van der Waals surface area (Å²) in [6.45, 7) is 0.572. The number of aromatic hydroxyl groups is 1. The van der Waals surface area contributed by atoms with Crippen LogP contribution in [0.2, 0.25) is 0 Å². The first kappa shape index (κ1) is 12.8. The highest BCUT2D eigenvalue weighted by Gasteiger charge is 2.04. The first-order valence-corrected chi connectivity index (χ1v) is 5.83. The van der Waals surface area contributed by atoms with Gasteiger partial charge in [0.15, 0.2) is 0 Å². The quantitative estimate of drug-likeness (QED) is 0.880. The summed E-state index contributed by atoms with van der Waals surface area (Å²) < 4.78 is 5.14.